The molecule has 1 heterocycles. The molecule has 3 rings (SSSR count). The summed E-state index contributed by atoms with van der Waals surface area (Å²) in [5.74, 6) is -0.117. The smallest absolute Gasteiger partial charge is 0.255 e. The van der Waals surface area contributed by atoms with Crippen molar-refractivity contribution in [2.24, 2.45) is 0 Å². The Balaban J connectivity index is 1.60. The van der Waals surface area contributed by atoms with Gasteiger partial charge in [-0.25, -0.2) is 8.42 Å². The molecule has 1 saturated heterocycles. The van der Waals surface area contributed by atoms with Gasteiger partial charge in [0.2, 0.25) is 0 Å². The van der Waals surface area contributed by atoms with Gasteiger partial charge in [-0.3, -0.25) is 9.52 Å². The average Bonchev–Trinajstić information content (AvgIpc) is 3.20. The summed E-state index contributed by atoms with van der Waals surface area (Å²) in [6.45, 7) is 1.30. The number of anilines is 1. The number of likely N-dealkylation sites (N-methyl/N-ethyl adjacent to an activating group) is 1. The van der Waals surface area contributed by atoms with Crippen LogP contribution in [-0.2, 0) is 14.8 Å². The van der Waals surface area contributed by atoms with E-state index in [0.29, 0.717) is 17.8 Å². The van der Waals surface area contributed by atoms with Crippen molar-refractivity contribution in [3.05, 3.63) is 71.1 Å². The minimum Gasteiger partial charge on any atom is -0.376 e. The van der Waals surface area contributed by atoms with E-state index in [1.165, 1.54) is 6.08 Å². The summed E-state index contributed by atoms with van der Waals surface area (Å²) in [7, 11) is -1.90. The molecule has 0 aromatic heterocycles. The fourth-order valence-corrected chi connectivity index (χ4v) is 3.88. The highest BCUT2D eigenvalue weighted by atomic mass is 32.2. The standard InChI is InChI=1S/C21H24N2O4S/c1-23(16-20-8-5-14-27-20)21(24)18-9-11-19(12-10-18)22-28(25,26)15-13-17-6-3-2-4-7-17/h2-4,6-7,9-13,15,20,22H,5,8,14,16H2,1H3/b15-13+. The predicted molar refractivity (Wildman–Crippen MR) is 110 cm³/mol. The van der Waals surface area contributed by atoms with Crippen molar-refractivity contribution in [2.75, 3.05) is 24.9 Å². The van der Waals surface area contributed by atoms with E-state index in [1.54, 1.807) is 36.2 Å². The third-order valence-electron chi connectivity index (χ3n) is 4.48. The van der Waals surface area contributed by atoms with Crippen molar-refractivity contribution in [1.82, 2.24) is 4.90 Å². The van der Waals surface area contributed by atoms with Crippen molar-refractivity contribution >= 4 is 27.7 Å². The fraction of sp³-hybridized carbons (Fsp3) is 0.286. The third-order valence-corrected chi connectivity index (χ3v) is 5.49. The molecule has 0 saturated carbocycles. The van der Waals surface area contributed by atoms with Crippen molar-refractivity contribution in [3.8, 4) is 0 Å². The zero-order valence-electron chi connectivity index (χ0n) is 15.7. The number of carbonyl (C=O) groups excluding carboxylic acids is 1. The van der Waals surface area contributed by atoms with Gasteiger partial charge in [0.25, 0.3) is 15.9 Å². The molecule has 0 radical (unpaired) electrons. The number of nitrogens with one attached hydrogen (secondary N) is 1. The van der Waals surface area contributed by atoms with E-state index in [0.717, 1.165) is 30.4 Å². The molecule has 1 amide bonds. The third kappa shape index (κ3) is 5.68. The maximum absolute atomic E-state index is 12.5. The van der Waals surface area contributed by atoms with E-state index in [-0.39, 0.29) is 12.0 Å². The molecule has 1 atom stereocenters. The highest BCUT2D eigenvalue weighted by Gasteiger charge is 2.20. The van der Waals surface area contributed by atoms with E-state index in [4.69, 9.17) is 4.74 Å². The van der Waals surface area contributed by atoms with Crippen LogP contribution >= 0.6 is 0 Å². The molecular formula is C21H24N2O4S. The zero-order valence-corrected chi connectivity index (χ0v) is 16.6. The number of sulfonamides is 1. The summed E-state index contributed by atoms with van der Waals surface area (Å²) < 4.78 is 32.5. The fourth-order valence-electron chi connectivity index (χ4n) is 3.01. The SMILES string of the molecule is CN(CC1CCCO1)C(=O)c1ccc(NS(=O)(=O)/C=C/c2ccccc2)cc1. The van der Waals surface area contributed by atoms with E-state index in [1.807, 2.05) is 30.3 Å². The van der Waals surface area contributed by atoms with E-state index in [2.05, 4.69) is 4.72 Å². The molecule has 0 bridgehead atoms. The van der Waals surface area contributed by atoms with Crippen LogP contribution in [0.1, 0.15) is 28.8 Å². The predicted octanol–water partition coefficient (Wildman–Crippen LogP) is 3.35. The molecule has 2 aromatic rings. The summed E-state index contributed by atoms with van der Waals surface area (Å²) >= 11 is 0. The molecular weight excluding hydrogens is 376 g/mol. The van der Waals surface area contributed by atoms with Crippen LogP contribution < -0.4 is 4.72 Å². The second-order valence-corrected chi connectivity index (χ2v) is 8.32. The van der Waals surface area contributed by atoms with Crippen LogP contribution in [0.4, 0.5) is 5.69 Å². The Bertz CT molecular complexity index is 919. The molecule has 1 unspecified atom stereocenters. The van der Waals surface area contributed by atoms with Gasteiger partial charge >= 0.3 is 0 Å². The Kier molecular flexibility index (Phi) is 6.49. The second-order valence-electron chi connectivity index (χ2n) is 6.76. The first-order valence-corrected chi connectivity index (χ1v) is 10.7. The Morgan fingerprint density at radius 2 is 1.89 bits per heavy atom. The lowest BCUT2D eigenvalue weighted by molar-refractivity contribution is 0.0587. The molecule has 1 fully saturated rings. The van der Waals surface area contributed by atoms with Crippen molar-refractivity contribution in [2.45, 2.75) is 18.9 Å². The lowest BCUT2D eigenvalue weighted by Crippen LogP contribution is -2.34. The van der Waals surface area contributed by atoms with Gasteiger partial charge in [-0.1, -0.05) is 30.3 Å². The number of amides is 1. The molecule has 0 aliphatic carbocycles. The molecule has 2 aromatic carbocycles. The Morgan fingerprint density at radius 3 is 2.54 bits per heavy atom. The number of ether oxygens (including phenoxy) is 1. The first-order chi connectivity index (χ1) is 13.4. The summed E-state index contributed by atoms with van der Waals surface area (Å²) in [5.41, 5.74) is 1.70. The summed E-state index contributed by atoms with van der Waals surface area (Å²) in [6.07, 6.45) is 3.62. The van der Waals surface area contributed by atoms with Crippen molar-refractivity contribution < 1.29 is 17.9 Å². The van der Waals surface area contributed by atoms with Crippen LogP contribution in [-0.4, -0.2) is 45.5 Å². The monoisotopic (exact) mass is 400 g/mol. The van der Waals surface area contributed by atoms with E-state index in [9.17, 15) is 13.2 Å². The van der Waals surface area contributed by atoms with E-state index >= 15 is 0 Å². The number of rotatable bonds is 7. The number of benzene rings is 2. The van der Waals surface area contributed by atoms with Gasteiger partial charge in [-0.15, -0.1) is 0 Å². The summed E-state index contributed by atoms with van der Waals surface area (Å²) in [4.78, 5) is 14.1. The summed E-state index contributed by atoms with van der Waals surface area (Å²) in [6, 6.07) is 15.6. The van der Waals surface area contributed by atoms with Gasteiger partial charge in [-0.05, 0) is 48.7 Å². The van der Waals surface area contributed by atoms with E-state index < -0.39 is 10.0 Å². The zero-order chi connectivity index (χ0) is 20.0. The quantitative estimate of drug-likeness (QED) is 0.773. The molecule has 6 nitrogen and oxygen atoms in total. The Morgan fingerprint density at radius 1 is 1.18 bits per heavy atom. The lowest BCUT2D eigenvalue weighted by Gasteiger charge is -2.21. The molecule has 28 heavy (non-hydrogen) atoms. The highest BCUT2D eigenvalue weighted by Crippen LogP contribution is 2.16. The van der Waals surface area contributed by atoms with Crippen LogP contribution in [0.3, 0.4) is 0 Å². The Labute approximate surface area is 165 Å². The largest absolute Gasteiger partial charge is 0.376 e. The van der Waals surface area contributed by atoms with Gasteiger partial charge in [-0.2, -0.15) is 0 Å². The minimum absolute atomic E-state index is 0.0939. The first-order valence-electron chi connectivity index (χ1n) is 9.16. The second kappa shape index (κ2) is 9.03. The lowest BCUT2D eigenvalue weighted by atomic mass is 10.1. The molecule has 148 valence electrons. The Hall–Kier alpha value is -2.64. The number of hydrogen-bond acceptors (Lipinski definition) is 4. The van der Waals surface area contributed by atoms with Gasteiger partial charge in [0.1, 0.15) is 0 Å². The molecule has 7 heteroatoms. The maximum atomic E-state index is 12.5. The average molecular weight is 401 g/mol. The topological polar surface area (TPSA) is 75.7 Å². The summed E-state index contributed by atoms with van der Waals surface area (Å²) in [5, 5.41) is 1.12. The molecule has 1 aliphatic heterocycles. The molecule has 0 spiro atoms. The highest BCUT2D eigenvalue weighted by molar-refractivity contribution is 7.95. The normalized spacial score (nSPS) is 17.0. The van der Waals surface area contributed by atoms with Crippen LogP contribution in [0.2, 0.25) is 0 Å². The number of nitrogens with zero attached hydrogens (tertiary/aromatic N) is 1. The molecule has 1 N–H and O–H groups in total. The van der Waals surface area contributed by atoms with Crippen LogP contribution in [0, 0.1) is 0 Å². The van der Waals surface area contributed by atoms with Gasteiger partial charge in [0.05, 0.1) is 11.5 Å². The maximum Gasteiger partial charge on any atom is 0.255 e. The minimum atomic E-state index is -3.64. The van der Waals surface area contributed by atoms with Crippen molar-refractivity contribution in [3.63, 3.8) is 0 Å². The van der Waals surface area contributed by atoms with Gasteiger partial charge in [0, 0.05) is 31.5 Å². The van der Waals surface area contributed by atoms with Crippen molar-refractivity contribution in [1.29, 1.82) is 0 Å². The van der Waals surface area contributed by atoms with Crippen LogP contribution in [0.5, 0.6) is 0 Å². The number of hydrogen-bond donors (Lipinski definition) is 1. The van der Waals surface area contributed by atoms with Crippen LogP contribution in [0.15, 0.2) is 60.0 Å². The van der Waals surface area contributed by atoms with Gasteiger partial charge < -0.3 is 9.64 Å². The molecule has 1 aliphatic rings. The number of carbonyl (C=O) groups is 1. The van der Waals surface area contributed by atoms with Gasteiger partial charge in [0.15, 0.2) is 0 Å². The first kappa shape index (κ1) is 20.1. The van der Waals surface area contributed by atoms with Crippen LogP contribution in [0.25, 0.3) is 6.08 Å².